The summed E-state index contributed by atoms with van der Waals surface area (Å²) in [6.45, 7) is 5.83. The highest BCUT2D eigenvalue weighted by molar-refractivity contribution is 4.65. The molecule has 0 N–H and O–H groups in total. The van der Waals surface area contributed by atoms with Gasteiger partial charge in [-0.3, -0.25) is 0 Å². The molecule has 0 aromatic heterocycles. The van der Waals surface area contributed by atoms with Gasteiger partial charge in [0, 0.05) is 0 Å². The zero-order valence-electron chi connectivity index (χ0n) is 8.93. The van der Waals surface area contributed by atoms with E-state index in [1.54, 1.807) is 0 Å². The first-order chi connectivity index (χ1) is 6.31. The Morgan fingerprint density at radius 2 is 1.77 bits per heavy atom. The molecule has 1 unspecified atom stereocenters. The Morgan fingerprint density at radius 3 is 2.38 bits per heavy atom. The van der Waals surface area contributed by atoms with Crippen LogP contribution in [0.15, 0.2) is 12.7 Å². The van der Waals surface area contributed by atoms with Gasteiger partial charge < -0.3 is 0 Å². The number of hydrogen-bond acceptors (Lipinski definition) is 0. The molecule has 0 aromatic carbocycles. The molecule has 0 aliphatic carbocycles. The lowest BCUT2D eigenvalue weighted by Gasteiger charge is -2.05. The molecule has 0 heterocycles. The van der Waals surface area contributed by atoms with Crippen LogP contribution in [0.1, 0.15) is 51.9 Å². The molecule has 1 nitrogen and oxygen atoms in total. The molecule has 1 heteroatoms. The standard InChI is InChI=1S/C12H23O/c1-3-4-5-6-7-8-9-10-12(2)11-13/h3,12H,1,4-11H2,2H3. The van der Waals surface area contributed by atoms with Gasteiger partial charge in [0.15, 0.2) is 0 Å². The van der Waals surface area contributed by atoms with E-state index in [1.165, 1.54) is 32.1 Å². The van der Waals surface area contributed by atoms with Gasteiger partial charge in [0.2, 0.25) is 0 Å². The Morgan fingerprint density at radius 1 is 1.15 bits per heavy atom. The topological polar surface area (TPSA) is 19.9 Å². The molecule has 13 heavy (non-hydrogen) atoms. The summed E-state index contributed by atoms with van der Waals surface area (Å²) in [6, 6.07) is 0. The fourth-order valence-electron chi connectivity index (χ4n) is 1.40. The fraction of sp³-hybridized carbons (Fsp3) is 0.833. The Kier molecular flexibility index (Phi) is 9.56. The van der Waals surface area contributed by atoms with E-state index < -0.39 is 0 Å². The van der Waals surface area contributed by atoms with Gasteiger partial charge >= 0.3 is 0 Å². The van der Waals surface area contributed by atoms with Crippen molar-refractivity contribution in [2.75, 3.05) is 6.61 Å². The fourth-order valence-corrected chi connectivity index (χ4v) is 1.40. The average Bonchev–Trinajstić information content (AvgIpc) is 2.16. The van der Waals surface area contributed by atoms with Crippen LogP contribution >= 0.6 is 0 Å². The Labute approximate surface area is 82.9 Å². The molecular weight excluding hydrogens is 160 g/mol. The molecule has 0 aromatic rings. The van der Waals surface area contributed by atoms with Crippen molar-refractivity contribution in [3.63, 3.8) is 0 Å². The number of unbranched alkanes of at least 4 members (excludes halogenated alkanes) is 5. The predicted octanol–water partition coefficient (Wildman–Crippen LogP) is 3.97. The minimum Gasteiger partial charge on any atom is -0.236 e. The van der Waals surface area contributed by atoms with Crippen molar-refractivity contribution in [2.45, 2.75) is 51.9 Å². The second-order valence-corrected chi connectivity index (χ2v) is 3.91. The molecule has 0 amide bonds. The second-order valence-electron chi connectivity index (χ2n) is 3.91. The van der Waals surface area contributed by atoms with E-state index in [1.807, 2.05) is 13.0 Å². The van der Waals surface area contributed by atoms with Gasteiger partial charge in [-0.05, 0) is 25.2 Å². The monoisotopic (exact) mass is 183 g/mol. The summed E-state index contributed by atoms with van der Waals surface area (Å²) in [4.78, 5) is 0. The summed E-state index contributed by atoms with van der Waals surface area (Å²) in [6.07, 6.45) is 10.7. The average molecular weight is 183 g/mol. The molecule has 0 spiro atoms. The first-order valence-electron chi connectivity index (χ1n) is 5.50. The lowest BCUT2D eigenvalue weighted by Crippen LogP contribution is -1.98. The second kappa shape index (κ2) is 9.79. The lowest BCUT2D eigenvalue weighted by atomic mass is 10.0. The number of allylic oxidation sites excluding steroid dienone is 1. The maximum atomic E-state index is 10.4. The maximum absolute atomic E-state index is 10.4. The third-order valence-electron chi connectivity index (χ3n) is 2.39. The minimum atomic E-state index is 0.0937. The highest BCUT2D eigenvalue weighted by Crippen LogP contribution is 2.11. The lowest BCUT2D eigenvalue weighted by molar-refractivity contribution is 0.145. The molecule has 1 atom stereocenters. The Balaban J connectivity index is 2.95. The summed E-state index contributed by atoms with van der Waals surface area (Å²) in [5, 5.41) is 10.4. The van der Waals surface area contributed by atoms with Crippen molar-refractivity contribution >= 4 is 0 Å². The van der Waals surface area contributed by atoms with Crippen molar-refractivity contribution in [3.8, 4) is 0 Å². The molecule has 1 radical (unpaired) electrons. The van der Waals surface area contributed by atoms with Crippen molar-refractivity contribution in [2.24, 2.45) is 5.92 Å². The highest BCUT2D eigenvalue weighted by atomic mass is 16.3. The first kappa shape index (κ1) is 12.7. The van der Waals surface area contributed by atoms with Crippen molar-refractivity contribution in [3.05, 3.63) is 12.7 Å². The predicted molar refractivity (Wildman–Crippen MR) is 57.2 cm³/mol. The van der Waals surface area contributed by atoms with E-state index in [9.17, 15) is 5.11 Å². The first-order valence-corrected chi connectivity index (χ1v) is 5.50. The van der Waals surface area contributed by atoms with Crippen LogP contribution in [0.4, 0.5) is 0 Å². The van der Waals surface area contributed by atoms with E-state index in [2.05, 4.69) is 6.58 Å². The van der Waals surface area contributed by atoms with Crippen LogP contribution in [0.2, 0.25) is 0 Å². The van der Waals surface area contributed by atoms with Gasteiger partial charge in [-0.1, -0.05) is 38.7 Å². The van der Waals surface area contributed by atoms with Gasteiger partial charge in [0.25, 0.3) is 0 Å². The van der Waals surface area contributed by atoms with E-state index in [0.29, 0.717) is 5.92 Å². The SMILES string of the molecule is C=CCCCCCCCC(C)C[O]. The summed E-state index contributed by atoms with van der Waals surface area (Å²) in [5.41, 5.74) is 0. The van der Waals surface area contributed by atoms with Gasteiger partial charge in [0.05, 0.1) is 6.61 Å². The summed E-state index contributed by atoms with van der Waals surface area (Å²) in [7, 11) is 0. The normalized spacial score (nSPS) is 12.8. The van der Waals surface area contributed by atoms with Gasteiger partial charge in [-0.2, -0.15) is 0 Å². The molecule has 0 saturated carbocycles. The Bertz CT molecular complexity index is 110. The quantitative estimate of drug-likeness (QED) is 0.381. The summed E-state index contributed by atoms with van der Waals surface area (Å²) >= 11 is 0. The molecule has 0 saturated heterocycles. The van der Waals surface area contributed by atoms with Gasteiger partial charge in [0.1, 0.15) is 0 Å². The van der Waals surface area contributed by atoms with Crippen LogP contribution in [0, 0.1) is 5.92 Å². The van der Waals surface area contributed by atoms with E-state index in [-0.39, 0.29) is 6.61 Å². The van der Waals surface area contributed by atoms with E-state index in [0.717, 1.165) is 12.8 Å². The highest BCUT2D eigenvalue weighted by Gasteiger charge is 1.99. The summed E-state index contributed by atoms with van der Waals surface area (Å²) in [5.74, 6) is 0.383. The van der Waals surface area contributed by atoms with Crippen LogP contribution in [-0.2, 0) is 5.11 Å². The van der Waals surface area contributed by atoms with E-state index >= 15 is 0 Å². The molecular formula is C12H23O. The summed E-state index contributed by atoms with van der Waals surface area (Å²) < 4.78 is 0. The zero-order chi connectivity index (χ0) is 9.94. The smallest absolute Gasteiger partial charge is 0.0847 e. The minimum absolute atomic E-state index is 0.0937. The van der Waals surface area contributed by atoms with Crippen LogP contribution in [0.5, 0.6) is 0 Å². The molecule has 0 aliphatic heterocycles. The van der Waals surface area contributed by atoms with Crippen LogP contribution < -0.4 is 0 Å². The zero-order valence-corrected chi connectivity index (χ0v) is 8.93. The van der Waals surface area contributed by atoms with Gasteiger partial charge in [-0.25, -0.2) is 5.11 Å². The molecule has 0 rings (SSSR count). The van der Waals surface area contributed by atoms with Crippen molar-refractivity contribution in [1.29, 1.82) is 0 Å². The van der Waals surface area contributed by atoms with Crippen LogP contribution in [0.25, 0.3) is 0 Å². The third kappa shape index (κ3) is 9.62. The van der Waals surface area contributed by atoms with Crippen LogP contribution in [-0.4, -0.2) is 6.61 Å². The Hall–Kier alpha value is -0.300. The molecule has 77 valence electrons. The largest absolute Gasteiger partial charge is 0.236 e. The van der Waals surface area contributed by atoms with Crippen LogP contribution in [0.3, 0.4) is 0 Å². The van der Waals surface area contributed by atoms with Crippen molar-refractivity contribution < 1.29 is 5.11 Å². The molecule has 0 bridgehead atoms. The van der Waals surface area contributed by atoms with Gasteiger partial charge in [-0.15, -0.1) is 6.58 Å². The maximum Gasteiger partial charge on any atom is 0.0847 e. The molecule has 0 aliphatic rings. The molecule has 0 fully saturated rings. The third-order valence-corrected chi connectivity index (χ3v) is 2.39. The van der Waals surface area contributed by atoms with E-state index in [4.69, 9.17) is 0 Å². The number of hydrogen-bond donors (Lipinski definition) is 0. The van der Waals surface area contributed by atoms with Crippen molar-refractivity contribution in [1.82, 2.24) is 0 Å². The number of rotatable bonds is 9.